The largest absolute Gasteiger partial charge is 0.458 e. The molecule has 0 N–H and O–H groups in total. The van der Waals surface area contributed by atoms with E-state index < -0.39 is 0 Å². The molecule has 0 amide bonds. The molecule has 0 radical (unpaired) electrons. The summed E-state index contributed by atoms with van der Waals surface area (Å²) in [4.78, 5) is 11.5. The fourth-order valence-electron chi connectivity index (χ4n) is 9.10. The highest BCUT2D eigenvalue weighted by Gasteiger charge is 2.60. The molecule has 4 rings (SSSR count). The van der Waals surface area contributed by atoms with Crippen LogP contribution in [0, 0.1) is 52.3 Å². The number of allylic oxidation sites excluding steroid dienone is 1. The molecular weight excluding hydrogens is 380 g/mol. The van der Waals surface area contributed by atoms with Crippen molar-refractivity contribution in [2.24, 2.45) is 52.3 Å². The summed E-state index contributed by atoms with van der Waals surface area (Å²) in [6, 6.07) is 0. The van der Waals surface area contributed by atoms with E-state index in [1.165, 1.54) is 57.8 Å². The predicted molar refractivity (Wildman–Crippen MR) is 129 cm³/mol. The van der Waals surface area contributed by atoms with Crippen LogP contribution in [0.1, 0.15) is 106 Å². The first-order chi connectivity index (χ1) is 14.6. The first kappa shape index (κ1) is 23.4. The topological polar surface area (TPSA) is 26.3 Å². The maximum Gasteiger partial charge on any atom is 0.303 e. The molecule has 31 heavy (non-hydrogen) atoms. The molecule has 4 aliphatic rings. The molecular formula is C29H48O2. The van der Waals surface area contributed by atoms with E-state index in [1.807, 2.05) is 0 Å². The van der Waals surface area contributed by atoms with Gasteiger partial charge in [0.05, 0.1) is 0 Å². The van der Waals surface area contributed by atoms with Gasteiger partial charge in [0, 0.05) is 6.92 Å². The summed E-state index contributed by atoms with van der Waals surface area (Å²) >= 11 is 0. The fraction of sp³-hybridized carbons (Fsp3) is 0.897. The van der Waals surface area contributed by atoms with Crippen molar-refractivity contribution in [3.63, 3.8) is 0 Å². The average molecular weight is 429 g/mol. The molecule has 0 spiro atoms. The van der Waals surface area contributed by atoms with Crippen molar-refractivity contribution in [2.75, 3.05) is 0 Å². The molecule has 0 aromatic carbocycles. The standard InChI is InChI=1S/C29H48O2/c1-19(2)8-7-9-20(3)25-12-13-26-24-11-10-22-18-23(31-21(4)30)14-16-28(22,5)27(24)15-17-29(25,26)6/h14,16,19-20,22-27H,7-13,15,17-18H2,1-6H3/t20-,22+,23-,24+,25+,26-,27-,28+,29+/m1/s1. The zero-order valence-electron chi connectivity index (χ0n) is 21.2. The van der Waals surface area contributed by atoms with Gasteiger partial charge in [0.2, 0.25) is 0 Å². The Labute approximate surface area is 192 Å². The molecule has 3 saturated carbocycles. The summed E-state index contributed by atoms with van der Waals surface area (Å²) in [6.45, 7) is 14.1. The van der Waals surface area contributed by atoms with Crippen LogP contribution in [-0.2, 0) is 9.53 Å². The number of carbonyl (C=O) groups is 1. The molecule has 9 atom stereocenters. The normalized spacial score (nSPS) is 45.0. The Morgan fingerprint density at radius 1 is 1.03 bits per heavy atom. The number of rotatable bonds is 6. The van der Waals surface area contributed by atoms with Gasteiger partial charge in [-0.3, -0.25) is 4.79 Å². The third-order valence-electron chi connectivity index (χ3n) is 10.7. The van der Waals surface area contributed by atoms with Crippen molar-refractivity contribution < 1.29 is 9.53 Å². The molecule has 3 fully saturated rings. The van der Waals surface area contributed by atoms with Crippen molar-refractivity contribution in [2.45, 2.75) is 112 Å². The third kappa shape index (κ3) is 4.26. The second kappa shape index (κ2) is 8.86. The predicted octanol–water partition coefficient (Wildman–Crippen LogP) is 7.82. The summed E-state index contributed by atoms with van der Waals surface area (Å²) in [5.41, 5.74) is 0.877. The SMILES string of the molecule is CC(=O)O[C@@H]1C=C[C@@]2(C)[C@@H](CC[C@@H]3[C@H]2CC[C@]2(C)[C@@H]3CC[C@H]2[C@H](C)CCCC(C)C)C1. The first-order valence-electron chi connectivity index (χ1n) is 13.5. The molecule has 0 aromatic heterocycles. The number of ether oxygens (including phenoxy) is 1. The van der Waals surface area contributed by atoms with Gasteiger partial charge in [-0.2, -0.15) is 0 Å². The molecule has 176 valence electrons. The number of esters is 1. The average Bonchev–Trinajstić information content (AvgIpc) is 3.05. The molecule has 0 saturated heterocycles. The summed E-state index contributed by atoms with van der Waals surface area (Å²) in [7, 11) is 0. The van der Waals surface area contributed by atoms with Gasteiger partial charge in [0.1, 0.15) is 6.10 Å². The molecule has 4 aliphatic carbocycles. The highest BCUT2D eigenvalue weighted by Crippen LogP contribution is 2.67. The van der Waals surface area contributed by atoms with Crippen LogP contribution in [0.4, 0.5) is 0 Å². The van der Waals surface area contributed by atoms with Crippen molar-refractivity contribution in [3.8, 4) is 0 Å². The third-order valence-corrected chi connectivity index (χ3v) is 10.7. The van der Waals surface area contributed by atoms with Crippen LogP contribution in [0.2, 0.25) is 0 Å². The van der Waals surface area contributed by atoms with Crippen LogP contribution in [0.25, 0.3) is 0 Å². The van der Waals surface area contributed by atoms with Crippen molar-refractivity contribution in [3.05, 3.63) is 12.2 Å². The first-order valence-corrected chi connectivity index (χ1v) is 13.5. The monoisotopic (exact) mass is 428 g/mol. The van der Waals surface area contributed by atoms with E-state index >= 15 is 0 Å². The quantitative estimate of drug-likeness (QED) is 0.318. The summed E-state index contributed by atoms with van der Waals surface area (Å²) < 4.78 is 5.57. The van der Waals surface area contributed by atoms with E-state index in [9.17, 15) is 4.79 Å². The van der Waals surface area contributed by atoms with E-state index in [2.05, 4.69) is 46.8 Å². The lowest BCUT2D eigenvalue weighted by molar-refractivity contribution is -0.147. The minimum absolute atomic E-state index is 0.00327. The molecule has 0 aromatic rings. The van der Waals surface area contributed by atoms with Crippen LogP contribution in [0.15, 0.2) is 12.2 Å². The van der Waals surface area contributed by atoms with E-state index in [0.29, 0.717) is 16.7 Å². The Hall–Kier alpha value is -0.790. The lowest BCUT2D eigenvalue weighted by Crippen LogP contribution is -2.53. The summed E-state index contributed by atoms with van der Waals surface area (Å²) in [5, 5.41) is 0. The zero-order chi connectivity index (χ0) is 22.4. The van der Waals surface area contributed by atoms with E-state index in [1.54, 1.807) is 6.92 Å². The Balaban J connectivity index is 1.46. The smallest absolute Gasteiger partial charge is 0.303 e. The van der Waals surface area contributed by atoms with Crippen LogP contribution in [0.3, 0.4) is 0 Å². The second-order valence-corrected chi connectivity index (χ2v) is 12.8. The van der Waals surface area contributed by atoms with Crippen LogP contribution in [-0.4, -0.2) is 12.1 Å². The van der Waals surface area contributed by atoms with Crippen molar-refractivity contribution in [1.82, 2.24) is 0 Å². The Kier molecular flexibility index (Phi) is 6.68. The van der Waals surface area contributed by atoms with E-state index in [-0.39, 0.29) is 12.1 Å². The lowest BCUT2D eigenvalue weighted by atomic mass is 9.45. The minimum atomic E-state index is -0.139. The van der Waals surface area contributed by atoms with Gasteiger partial charge in [-0.25, -0.2) is 0 Å². The summed E-state index contributed by atoms with van der Waals surface area (Å²) in [5.74, 6) is 5.87. The van der Waals surface area contributed by atoms with Gasteiger partial charge in [-0.05, 0) is 103 Å². The van der Waals surface area contributed by atoms with Gasteiger partial charge >= 0.3 is 5.97 Å². The van der Waals surface area contributed by atoms with Crippen LogP contribution >= 0.6 is 0 Å². The van der Waals surface area contributed by atoms with Crippen LogP contribution in [0.5, 0.6) is 0 Å². The Morgan fingerprint density at radius 2 is 1.81 bits per heavy atom. The number of fused-ring (bicyclic) bond motifs is 5. The molecule has 0 bridgehead atoms. The molecule has 2 nitrogen and oxygen atoms in total. The van der Waals surface area contributed by atoms with Crippen molar-refractivity contribution in [1.29, 1.82) is 0 Å². The molecule has 0 heterocycles. The van der Waals surface area contributed by atoms with Gasteiger partial charge in [-0.1, -0.05) is 60.0 Å². The maximum absolute atomic E-state index is 11.5. The van der Waals surface area contributed by atoms with Crippen molar-refractivity contribution >= 4 is 5.97 Å². The minimum Gasteiger partial charge on any atom is -0.458 e. The van der Waals surface area contributed by atoms with Gasteiger partial charge in [-0.15, -0.1) is 0 Å². The van der Waals surface area contributed by atoms with Crippen LogP contribution < -0.4 is 0 Å². The highest BCUT2D eigenvalue weighted by atomic mass is 16.5. The van der Waals surface area contributed by atoms with E-state index in [0.717, 1.165) is 41.9 Å². The number of carbonyl (C=O) groups excluding carboxylic acids is 1. The second-order valence-electron chi connectivity index (χ2n) is 12.8. The molecule has 0 aliphatic heterocycles. The summed E-state index contributed by atoms with van der Waals surface area (Å²) in [6.07, 6.45) is 18.5. The Morgan fingerprint density at radius 3 is 2.52 bits per heavy atom. The lowest BCUT2D eigenvalue weighted by Gasteiger charge is -2.59. The Bertz CT molecular complexity index is 680. The molecule has 2 heteroatoms. The van der Waals surface area contributed by atoms with Gasteiger partial charge < -0.3 is 4.74 Å². The van der Waals surface area contributed by atoms with Gasteiger partial charge in [0.15, 0.2) is 0 Å². The fourth-order valence-corrected chi connectivity index (χ4v) is 9.10. The van der Waals surface area contributed by atoms with Gasteiger partial charge in [0.25, 0.3) is 0 Å². The molecule has 0 unspecified atom stereocenters. The van der Waals surface area contributed by atoms with E-state index in [4.69, 9.17) is 4.74 Å². The number of hydrogen-bond acceptors (Lipinski definition) is 2. The highest BCUT2D eigenvalue weighted by molar-refractivity contribution is 5.66. The number of hydrogen-bond donors (Lipinski definition) is 0. The zero-order valence-corrected chi connectivity index (χ0v) is 21.2. The maximum atomic E-state index is 11.5.